The summed E-state index contributed by atoms with van der Waals surface area (Å²) in [7, 11) is 0. The van der Waals surface area contributed by atoms with E-state index in [1.54, 1.807) is 12.3 Å². The Labute approximate surface area is 107 Å². The summed E-state index contributed by atoms with van der Waals surface area (Å²) in [6.07, 6.45) is 6.79. The molecule has 98 valence electrons. The minimum atomic E-state index is -0.431. The molecule has 2 fully saturated rings. The molecule has 2 aliphatic carbocycles. The Morgan fingerprint density at radius 1 is 1.50 bits per heavy atom. The molecule has 18 heavy (non-hydrogen) atoms. The number of aromatic nitrogens is 1. The Morgan fingerprint density at radius 2 is 2.33 bits per heavy atom. The highest BCUT2D eigenvalue weighted by molar-refractivity contribution is 5.43. The summed E-state index contributed by atoms with van der Waals surface area (Å²) >= 11 is 0. The van der Waals surface area contributed by atoms with Gasteiger partial charge in [-0.25, -0.2) is 4.98 Å². The number of halogens is 1. The molecule has 2 unspecified atom stereocenters. The third-order valence-corrected chi connectivity index (χ3v) is 4.51. The van der Waals surface area contributed by atoms with Crippen molar-refractivity contribution in [3.63, 3.8) is 0 Å². The van der Waals surface area contributed by atoms with E-state index in [0.717, 1.165) is 18.7 Å². The lowest BCUT2D eigenvalue weighted by molar-refractivity contribution is -0.157. The number of rotatable bonds is 4. The maximum absolute atomic E-state index is 12.8. The van der Waals surface area contributed by atoms with Crippen LogP contribution in [-0.4, -0.2) is 23.7 Å². The molecule has 0 aromatic carbocycles. The van der Waals surface area contributed by atoms with Crippen LogP contribution in [0.15, 0.2) is 18.3 Å². The summed E-state index contributed by atoms with van der Waals surface area (Å²) in [5.74, 6) is -0.431. The third-order valence-electron chi connectivity index (χ3n) is 4.51. The quantitative estimate of drug-likeness (QED) is 0.834. The van der Waals surface area contributed by atoms with Crippen LogP contribution in [0, 0.1) is 11.4 Å². The zero-order chi connectivity index (χ0) is 12.6. The van der Waals surface area contributed by atoms with Crippen molar-refractivity contribution in [3.8, 4) is 0 Å². The van der Waals surface area contributed by atoms with Crippen molar-refractivity contribution in [3.05, 3.63) is 24.3 Å². The summed E-state index contributed by atoms with van der Waals surface area (Å²) in [4.78, 5) is 3.68. The normalized spacial score (nSPS) is 28.6. The largest absolute Gasteiger partial charge is 0.380 e. The van der Waals surface area contributed by atoms with Gasteiger partial charge in [0.1, 0.15) is 0 Å². The topological polar surface area (TPSA) is 34.1 Å². The summed E-state index contributed by atoms with van der Waals surface area (Å²) in [6.45, 7) is 2.84. The van der Waals surface area contributed by atoms with E-state index in [9.17, 15) is 4.39 Å². The van der Waals surface area contributed by atoms with E-state index < -0.39 is 5.95 Å². The van der Waals surface area contributed by atoms with Crippen molar-refractivity contribution in [2.24, 2.45) is 5.41 Å². The number of hydrogen-bond donors (Lipinski definition) is 1. The van der Waals surface area contributed by atoms with Gasteiger partial charge < -0.3 is 10.1 Å². The van der Waals surface area contributed by atoms with Gasteiger partial charge in [-0.05, 0) is 38.3 Å². The molecule has 1 aromatic rings. The van der Waals surface area contributed by atoms with E-state index in [1.165, 1.54) is 25.3 Å². The van der Waals surface area contributed by atoms with Gasteiger partial charge in [-0.15, -0.1) is 0 Å². The van der Waals surface area contributed by atoms with Crippen LogP contribution in [0.5, 0.6) is 0 Å². The average molecular weight is 250 g/mol. The molecule has 1 N–H and O–H groups in total. The van der Waals surface area contributed by atoms with Gasteiger partial charge in [0.2, 0.25) is 5.95 Å². The molecule has 3 rings (SSSR count). The molecule has 0 saturated heterocycles. The van der Waals surface area contributed by atoms with Crippen molar-refractivity contribution >= 4 is 5.69 Å². The zero-order valence-corrected chi connectivity index (χ0v) is 10.7. The molecule has 0 amide bonds. The van der Waals surface area contributed by atoms with Crippen molar-refractivity contribution in [1.29, 1.82) is 0 Å². The number of nitrogens with zero attached hydrogens (tertiary/aromatic N) is 1. The molecular weight excluding hydrogens is 231 g/mol. The highest BCUT2D eigenvalue weighted by atomic mass is 19.1. The minimum Gasteiger partial charge on any atom is -0.380 e. The van der Waals surface area contributed by atoms with Gasteiger partial charge in [0, 0.05) is 18.1 Å². The van der Waals surface area contributed by atoms with Crippen LogP contribution in [-0.2, 0) is 4.74 Å². The molecule has 2 aliphatic rings. The van der Waals surface area contributed by atoms with Gasteiger partial charge in [0.25, 0.3) is 0 Å². The van der Waals surface area contributed by atoms with E-state index in [4.69, 9.17) is 4.74 Å². The predicted octanol–water partition coefficient (Wildman–Crippen LogP) is 2.98. The lowest BCUT2D eigenvalue weighted by Crippen LogP contribution is -2.64. The van der Waals surface area contributed by atoms with Gasteiger partial charge >= 0.3 is 0 Å². The molecular formula is C14H19FN2O. The first-order valence-electron chi connectivity index (χ1n) is 6.74. The van der Waals surface area contributed by atoms with Crippen LogP contribution >= 0.6 is 0 Å². The highest BCUT2D eigenvalue weighted by Crippen LogP contribution is 2.58. The van der Waals surface area contributed by atoms with E-state index in [1.807, 2.05) is 0 Å². The molecule has 2 atom stereocenters. The molecule has 2 saturated carbocycles. The van der Waals surface area contributed by atoms with Gasteiger partial charge in [0.05, 0.1) is 18.0 Å². The second-order valence-electron chi connectivity index (χ2n) is 5.33. The van der Waals surface area contributed by atoms with Crippen LogP contribution in [0.2, 0.25) is 0 Å². The molecule has 1 spiro atoms. The molecule has 1 heterocycles. The van der Waals surface area contributed by atoms with Gasteiger partial charge in [0.15, 0.2) is 0 Å². The fourth-order valence-electron chi connectivity index (χ4n) is 3.30. The Balaban J connectivity index is 1.66. The minimum absolute atomic E-state index is 0.324. The Kier molecular flexibility index (Phi) is 2.98. The van der Waals surface area contributed by atoms with Crippen LogP contribution in [0.3, 0.4) is 0 Å². The number of nitrogens with one attached hydrogen (secondary N) is 1. The summed E-state index contributed by atoms with van der Waals surface area (Å²) in [5, 5.41) is 3.48. The smallest absolute Gasteiger partial charge is 0.212 e. The van der Waals surface area contributed by atoms with Crippen LogP contribution in [0.25, 0.3) is 0 Å². The van der Waals surface area contributed by atoms with Crippen molar-refractivity contribution in [2.75, 3.05) is 11.9 Å². The average Bonchev–Trinajstić information content (AvgIpc) is 2.28. The van der Waals surface area contributed by atoms with Crippen LogP contribution in [0.4, 0.5) is 10.1 Å². The van der Waals surface area contributed by atoms with Gasteiger partial charge in [-0.1, -0.05) is 6.42 Å². The Bertz CT molecular complexity index is 416. The third kappa shape index (κ3) is 1.79. The molecule has 3 nitrogen and oxygen atoms in total. The second kappa shape index (κ2) is 4.50. The number of pyridine rings is 1. The number of ether oxygens (including phenoxy) is 1. The van der Waals surface area contributed by atoms with E-state index >= 15 is 0 Å². The van der Waals surface area contributed by atoms with Crippen molar-refractivity contribution < 1.29 is 9.13 Å². The first-order chi connectivity index (χ1) is 8.74. The molecule has 0 radical (unpaired) electrons. The van der Waals surface area contributed by atoms with Gasteiger partial charge in [-0.3, -0.25) is 0 Å². The molecule has 0 aliphatic heterocycles. The second-order valence-corrected chi connectivity index (χ2v) is 5.33. The zero-order valence-electron chi connectivity index (χ0n) is 10.7. The van der Waals surface area contributed by atoms with Crippen molar-refractivity contribution in [1.82, 2.24) is 4.98 Å². The monoisotopic (exact) mass is 250 g/mol. The first-order valence-corrected chi connectivity index (χ1v) is 6.74. The Morgan fingerprint density at radius 3 is 2.89 bits per heavy atom. The SMILES string of the molecule is CCOC1CC(Nc2ccc(F)nc2)C12CCC2. The summed E-state index contributed by atoms with van der Waals surface area (Å²) in [5.41, 5.74) is 1.23. The lowest BCUT2D eigenvalue weighted by Gasteiger charge is -2.61. The Hall–Kier alpha value is -1.16. The standard InChI is InChI=1S/C14H19FN2O/c1-2-18-12-8-11(14(12)6-3-7-14)17-10-4-5-13(15)16-9-10/h4-5,9,11-12,17H,2-3,6-8H2,1H3. The molecule has 0 bridgehead atoms. The van der Waals surface area contributed by atoms with E-state index in [2.05, 4.69) is 17.2 Å². The van der Waals surface area contributed by atoms with Gasteiger partial charge in [-0.2, -0.15) is 4.39 Å². The summed E-state index contributed by atoms with van der Waals surface area (Å²) in [6, 6.07) is 3.60. The highest BCUT2D eigenvalue weighted by Gasteiger charge is 2.58. The predicted molar refractivity (Wildman–Crippen MR) is 67.9 cm³/mol. The molecule has 1 aromatic heterocycles. The first kappa shape index (κ1) is 11.9. The molecule has 4 heteroatoms. The van der Waals surface area contributed by atoms with E-state index in [0.29, 0.717) is 17.6 Å². The van der Waals surface area contributed by atoms with E-state index in [-0.39, 0.29) is 0 Å². The fraction of sp³-hybridized carbons (Fsp3) is 0.643. The maximum Gasteiger partial charge on any atom is 0.212 e. The summed E-state index contributed by atoms with van der Waals surface area (Å²) < 4.78 is 18.6. The fourth-order valence-corrected chi connectivity index (χ4v) is 3.30. The van der Waals surface area contributed by atoms with Crippen LogP contribution < -0.4 is 5.32 Å². The van der Waals surface area contributed by atoms with Crippen LogP contribution in [0.1, 0.15) is 32.6 Å². The van der Waals surface area contributed by atoms with Crippen molar-refractivity contribution in [2.45, 2.75) is 44.8 Å². The number of anilines is 1. The number of hydrogen-bond acceptors (Lipinski definition) is 3. The lowest BCUT2D eigenvalue weighted by atomic mass is 9.51. The maximum atomic E-state index is 12.8.